The molecular formula is C20H32N4O4S. The summed E-state index contributed by atoms with van der Waals surface area (Å²) in [7, 11) is -3.52. The van der Waals surface area contributed by atoms with E-state index in [1.54, 1.807) is 13.8 Å². The van der Waals surface area contributed by atoms with Gasteiger partial charge in [0.2, 0.25) is 15.9 Å². The zero-order valence-corrected chi connectivity index (χ0v) is 18.1. The van der Waals surface area contributed by atoms with Crippen LogP contribution in [-0.4, -0.2) is 68.7 Å². The van der Waals surface area contributed by atoms with Crippen LogP contribution in [0.25, 0.3) is 0 Å². The lowest BCUT2D eigenvalue weighted by atomic mass is 9.97. The SMILES string of the molecule is CCN(CC)S(=O)(=O)c1ccc(C(=O)NCCCN2CCCC(C(N)=O)C2)cc1. The van der Waals surface area contributed by atoms with Crippen molar-refractivity contribution in [2.45, 2.75) is 38.0 Å². The fourth-order valence-electron chi connectivity index (χ4n) is 3.59. The van der Waals surface area contributed by atoms with Crippen molar-refractivity contribution < 1.29 is 18.0 Å². The number of rotatable bonds is 10. The predicted octanol–water partition coefficient (Wildman–Crippen LogP) is 1.03. The lowest BCUT2D eigenvalue weighted by molar-refractivity contribution is -0.123. The summed E-state index contributed by atoms with van der Waals surface area (Å²) in [5.41, 5.74) is 5.82. The van der Waals surface area contributed by atoms with E-state index < -0.39 is 10.0 Å². The number of carbonyl (C=O) groups excluding carboxylic acids is 2. The van der Waals surface area contributed by atoms with Crippen LogP contribution in [0.4, 0.5) is 0 Å². The third kappa shape index (κ3) is 6.25. The van der Waals surface area contributed by atoms with Crippen LogP contribution < -0.4 is 11.1 Å². The van der Waals surface area contributed by atoms with Crippen molar-refractivity contribution in [1.29, 1.82) is 0 Å². The average molecular weight is 425 g/mol. The van der Waals surface area contributed by atoms with Crippen LogP contribution in [0.2, 0.25) is 0 Å². The highest BCUT2D eigenvalue weighted by atomic mass is 32.2. The van der Waals surface area contributed by atoms with Gasteiger partial charge in [0.25, 0.3) is 5.91 Å². The Morgan fingerprint density at radius 2 is 1.86 bits per heavy atom. The van der Waals surface area contributed by atoms with Crippen LogP contribution >= 0.6 is 0 Å². The molecule has 9 heteroatoms. The first-order valence-corrected chi connectivity index (χ1v) is 11.6. The third-order valence-electron chi connectivity index (χ3n) is 5.30. The number of piperidine rings is 1. The highest BCUT2D eigenvalue weighted by molar-refractivity contribution is 7.89. The molecule has 0 bridgehead atoms. The van der Waals surface area contributed by atoms with Gasteiger partial charge in [0, 0.05) is 31.7 Å². The number of amides is 2. The molecule has 0 aromatic heterocycles. The second-order valence-corrected chi connectivity index (χ2v) is 9.20. The summed E-state index contributed by atoms with van der Waals surface area (Å²) < 4.78 is 26.4. The molecule has 0 radical (unpaired) electrons. The summed E-state index contributed by atoms with van der Waals surface area (Å²) in [6, 6.07) is 6.02. The van der Waals surface area contributed by atoms with E-state index in [9.17, 15) is 18.0 Å². The minimum absolute atomic E-state index is 0.0792. The van der Waals surface area contributed by atoms with Gasteiger partial charge in [-0.25, -0.2) is 8.42 Å². The van der Waals surface area contributed by atoms with Crippen LogP contribution in [-0.2, 0) is 14.8 Å². The summed E-state index contributed by atoms with van der Waals surface area (Å²) in [5, 5.41) is 2.86. The summed E-state index contributed by atoms with van der Waals surface area (Å²) in [6.45, 7) is 7.32. The Balaban J connectivity index is 1.82. The topological polar surface area (TPSA) is 113 Å². The molecule has 1 aliphatic heterocycles. The van der Waals surface area contributed by atoms with Gasteiger partial charge in [0.05, 0.1) is 10.8 Å². The number of hydrogen-bond donors (Lipinski definition) is 2. The van der Waals surface area contributed by atoms with Gasteiger partial charge in [0.15, 0.2) is 0 Å². The van der Waals surface area contributed by atoms with Gasteiger partial charge >= 0.3 is 0 Å². The predicted molar refractivity (Wildman–Crippen MR) is 112 cm³/mol. The van der Waals surface area contributed by atoms with Crippen molar-refractivity contribution >= 4 is 21.8 Å². The molecule has 1 aliphatic rings. The summed E-state index contributed by atoms with van der Waals surface area (Å²) in [5.74, 6) is -0.552. The average Bonchev–Trinajstić information content (AvgIpc) is 2.72. The van der Waals surface area contributed by atoms with E-state index >= 15 is 0 Å². The first kappa shape index (κ1) is 23.3. The zero-order chi connectivity index (χ0) is 21.4. The number of nitrogens with one attached hydrogen (secondary N) is 1. The number of sulfonamides is 1. The molecule has 1 saturated heterocycles. The van der Waals surface area contributed by atoms with E-state index in [0.717, 1.165) is 32.4 Å². The monoisotopic (exact) mass is 424 g/mol. The second kappa shape index (κ2) is 10.7. The van der Waals surface area contributed by atoms with Crippen LogP contribution in [0.15, 0.2) is 29.2 Å². The van der Waals surface area contributed by atoms with Crippen LogP contribution in [0.3, 0.4) is 0 Å². The molecule has 0 aliphatic carbocycles. The first-order valence-electron chi connectivity index (χ1n) is 10.2. The number of nitrogens with two attached hydrogens (primary N) is 1. The van der Waals surface area contributed by atoms with Gasteiger partial charge in [-0.2, -0.15) is 4.31 Å². The maximum absolute atomic E-state index is 12.5. The molecule has 0 spiro atoms. The van der Waals surface area contributed by atoms with E-state index in [-0.39, 0.29) is 22.6 Å². The molecule has 1 aromatic carbocycles. The fraction of sp³-hybridized carbons (Fsp3) is 0.600. The third-order valence-corrected chi connectivity index (χ3v) is 7.37. The Labute approximate surface area is 173 Å². The molecule has 8 nitrogen and oxygen atoms in total. The minimum Gasteiger partial charge on any atom is -0.369 e. The molecule has 1 aromatic rings. The number of likely N-dealkylation sites (tertiary alicyclic amines) is 1. The number of carbonyl (C=O) groups is 2. The minimum atomic E-state index is -3.52. The lowest BCUT2D eigenvalue weighted by Crippen LogP contribution is -2.42. The molecule has 2 rings (SSSR count). The van der Waals surface area contributed by atoms with Gasteiger partial charge in [-0.15, -0.1) is 0 Å². The molecule has 162 valence electrons. The van der Waals surface area contributed by atoms with Gasteiger partial charge in [-0.1, -0.05) is 13.8 Å². The summed E-state index contributed by atoms with van der Waals surface area (Å²) in [6.07, 6.45) is 2.58. The van der Waals surface area contributed by atoms with Crippen LogP contribution in [0.5, 0.6) is 0 Å². The lowest BCUT2D eigenvalue weighted by Gasteiger charge is -2.31. The zero-order valence-electron chi connectivity index (χ0n) is 17.3. The van der Waals surface area contributed by atoms with Crippen LogP contribution in [0, 0.1) is 5.92 Å². The summed E-state index contributed by atoms with van der Waals surface area (Å²) in [4.78, 5) is 26.0. The Morgan fingerprint density at radius 1 is 1.21 bits per heavy atom. The van der Waals surface area contributed by atoms with Crippen molar-refractivity contribution in [2.75, 3.05) is 39.3 Å². The molecule has 3 N–H and O–H groups in total. The van der Waals surface area contributed by atoms with Gasteiger partial charge in [-0.3, -0.25) is 9.59 Å². The van der Waals surface area contributed by atoms with Crippen molar-refractivity contribution in [3.05, 3.63) is 29.8 Å². The smallest absolute Gasteiger partial charge is 0.251 e. The van der Waals surface area contributed by atoms with Crippen molar-refractivity contribution in [3.63, 3.8) is 0 Å². The maximum Gasteiger partial charge on any atom is 0.251 e. The highest BCUT2D eigenvalue weighted by Gasteiger charge is 2.24. The fourth-order valence-corrected chi connectivity index (χ4v) is 5.05. The second-order valence-electron chi connectivity index (χ2n) is 7.27. The molecule has 1 heterocycles. The molecular weight excluding hydrogens is 392 g/mol. The normalized spacial score (nSPS) is 18.0. The summed E-state index contributed by atoms with van der Waals surface area (Å²) >= 11 is 0. The highest BCUT2D eigenvalue weighted by Crippen LogP contribution is 2.17. The Morgan fingerprint density at radius 3 is 2.45 bits per heavy atom. The molecule has 1 fully saturated rings. The van der Waals surface area contributed by atoms with E-state index in [4.69, 9.17) is 5.73 Å². The van der Waals surface area contributed by atoms with Gasteiger partial charge in [-0.05, 0) is 56.6 Å². The quantitative estimate of drug-likeness (QED) is 0.545. The molecule has 1 atom stereocenters. The van der Waals surface area contributed by atoms with Crippen molar-refractivity contribution in [2.24, 2.45) is 11.7 Å². The molecule has 1 unspecified atom stereocenters. The van der Waals surface area contributed by atoms with Crippen LogP contribution in [0.1, 0.15) is 43.5 Å². The number of hydrogen-bond acceptors (Lipinski definition) is 5. The largest absolute Gasteiger partial charge is 0.369 e. The van der Waals surface area contributed by atoms with Crippen molar-refractivity contribution in [1.82, 2.24) is 14.5 Å². The molecule has 0 saturated carbocycles. The van der Waals surface area contributed by atoms with E-state index in [1.165, 1.54) is 28.6 Å². The van der Waals surface area contributed by atoms with Gasteiger partial charge in [0.1, 0.15) is 0 Å². The van der Waals surface area contributed by atoms with Crippen molar-refractivity contribution in [3.8, 4) is 0 Å². The number of primary amides is 1. The van der Waals surface area contributed by atoms with E-state index in [0.29, 0.717) is 31.7 Å². The Bertz CT molecular complexity index is 791. The van der Waals surface area contributed by atoms with E-state index in [2.05, 4.69) is 10.2 Å². The maximum atomic E-state index is 12.5. The number of benzene rings is 1. The molecule has 2 amide bonds. The van der Waals surface area contributed by atoms with Gasteiger partial charge < -0.3 is 16.0 Å². The number of nitrogens with zero attached hydrogens (tertiary/aromatic N) is 2. The molecule has 29 heavy (non-hydrogen) atoms. The standard InChI is InChI=1S/C20H32N4O4S/c1-3-24(4-2)29(27,28)18-10-8-16(9-11-18)20(26)22-12-6-14-23-13-5-7-17(15-23)19(21)25/h8-11,17H,3-7,12-15H2,1-2H3,(H2,21,25)(H,22,26). The van der Waals surface area contributed by atoms with E-state index in [1.807, 2.05) is 0 Å². The Kier molecular flexibility index (Phi) is 8.60. The Hall–Kier alpha value is -1.97. The first-order chi connectivity index (χ1) is 13.8.